The summed E-state index contributed by atoms with van der Waals surface area (Å²) in [6.07, 6.45) is 4.83. The maximum atomic E-state index is 6.46. The van der Waals surface area contributed by atoms with Gasteiger partial charge in [0, 0.05) is 36.0 Å². The number of nitrogens with one attached hydrogen (secondary N) is 1. The zero-order chi connectivity index (χ0) is 14.4. The number of nitrogens with zero attached hydrogens (tertiary/aromatic N) is 1. The molecular weight excluding hydrogens is 284 g/mol. The topological polar surface area (TPSA) is 24.5 Å². The number of likely N-dealkylation sites (tertiary alicyclic amines) is 1. The molecule has 0 radical (unpaired) electrons. The summed E-state index contributed by atoms with van der Waals surface area (Å²) in [5.41, 5.74) is 2.39. The number of rotatable bonds is 1. The first kappa shape index (κ1) is 13.9. The Kier molecular flexibility index (Phi) is 3.40. The van der Waals surface area contributed by atoms with Crippen molar-refractivity contribution in [2.24, 2.45) is 0 Å². The minimum atomic E-state index is -0.0134. The molecule has 2 atom stereocenters. The minimum absolute atomic E-state index is 0.0134. The van der Waals surface area contributed by atoms with Gasteiger partial charge in [-0.05, 0) is 57.1 Å². The van der Waals surface area contributed by atoms with Crippen LogP contribution in [0.4, 0.5) is 0 Å². The molecule has 2 saturated heterocycles. The third kappa shape index (κ3) is 2.36. The Morgan fingerprint density at radius 1 is 1.33 bits per heavy atom. The minimum Gasteiger partial charge on any atom is -0.485 e. The molecule has 3 aliphatic heterocycles. The van der Waals surface area contributed by atoms with Crippen LogP contribution < -0.4 is 10.1 Å². The predicted octanol–water partition coefficient (Wildman–Crippen LogP) is 3.30. The lowest BCUT2D eigenvalue weighted by Gasteiger charge is -2.43. The third-order valence-electron chi connectivity index (χ3n) is 5.33. The van der Waals surface area contributed by atoms with Gasteiger partial charge in [-0.1, -0.05) is 11.6 Å². The van der Waals surface area contributed by atoms with Crippen molar-refractivity contribution in [1.82, 2.24) is 10.2 Å². The normalized spacial score (nSPS) is 32.4. The van der Waals surface area contributed by atoms with Gasteiger partial charge in [0.25, 0.3) is 0 Å². The van der Waals surface area contributed by atoms with Crippen LogP contribution in [-0.2, 0) is 0 Å². The van der Waals surface area contributed by atoms with Crippen LogP contribution in [-0.4, -0.2) is 36.7 Å². The smallest absolute Gasteiger partial charge is 0.125 e. The van der Waals surface area contributed by atoms with Gasteiger partial charge >= 0.3 is 0 Å². The second-order valence-electron chi connectivity index (χ2n) is 6.81. The molecule has 114 valence electrons. The molecule has 4 rings (SSSR count). The molecule has 1 N–H and O–H groups in total. The van der Waals surface area contributed by atoms with E-state index >= 15 is 0 Å². The number of halogens is 1. The molecule has 2 fully saturated rings. The summed E-state index contributed by atoms with van der Waals surface area (Å²) in [7, 11) is 0. The molecule has 3 aliphatic rings. The van der Waals surface area contributed by atoms with Crippen LogP contribution >= 0.6 is 11.6 Å². The van der Waals surface area contributed by atoms with E-state index in [9.17, 15) is 0 Å². The van der Waals surface area contributed by atoms with Crippen molar-refractivity contribution < 1.29 is 4.74 Å². The van der Waals surface area contributed by atoms with Gasteiger partial charge in [0.2, 0.25) is 0 Å². The molecule has 1 spiro atoms. The monoisotopic (exact) mass is 306 g/mol. The number of ether oxygens (including phenoxy) is 1. The number of benzene rings is 1. The first-order valence-electron chi connectivity index (χ1n) is 8.11. The Labute approximate surface area is 131 Å². The predicted molar refractivity (Wildman–Crippen MR) is 85.2 cm³/mol. The molecular formula is C17H23ClN2O. The van der Waals surface area contributed by atoms with Crippen LogP contribution in [0.3, 0.4) is 0 Å². The average molecular weight is 307 g/mol. The standard InChI is InChI=1S/C17H23ClN2O/c1-12-8-16-13(9-14(12)18)15(20-6-2-3-7-20)10-17(21-16)4-5-19-11-17/h8-9,15,19H,2-7,10-11H2,1H3. The van der Waals surface area contributed by atoms with Gasteiger partial charge in [-0.25, -0.2) is 0 Å². The van der Waals surface area contributed by atoms with Crippen molar-refractivity contribution >= 4 is 11.6 Å². The van der Waals surface area contributed by atoms with E-state index in [2.05, 4.69) is 29.3 Å². The zero-order valence-electron chi connectivity index (χ0n) is 12.6. The average Bonchev–Trinajstić information content (AvgIpc) is 3.12. The molecule has 1 aromatic rings. The molecule has 0 bridgehead atoms. The zero-order valence-corrected chi connectivity index (χ0v) is 13.4. The van der Waals surface area contributed by atoms with E-state index in [0.717, 1.165) is 42.3 Å². The van der Waals surface area contributed by atoms with E-state index < -0.39 is 0 Å². The Morgan fingerprint density at radius 2 is 2.14 bits per heavy atom. The van der Waals surface area contributed by atoms with Crippen molar-refractivity contribution in [3.05, 3.63) is 28.3 Å². The van der Waals surface area contributed by atoms with E-state index in [0.29, 0.717) is 6.04 Å². The van der Waals surface area contributed by atoms with Crippen molar-refractivity contribution in [2.75, 3.05) is 26.2 Å². The van der Waals surface area contributed by atoms with Gasteiger partial charge in [-0.3, -0.25) is 4.90 Å². The summed E-state index contributed by atoms with van der Waals surface area (Å²) in [5, 5.41) is 4.34. The van der Waals surface area contributed by atoms with Gasteiger partial charge in [-0.15, -0.1) is 0 Å². The second kappa shape index (κ2) is 5.15. The molecule has 0 aliphatic carbocycles. The van der Waals surface area contributed by atoms with Gasteiger partial charge in [0.05, 0.1) is 0 Å². The third-order valence-corrected chi connectivity index (χ3v) is 5.74. The maximum absolute atomic E-state index is 6.46. The highest BCUT2D eigenvalue weighted by molar-refractivity contribution is 6.31. The Hall–Kier alpha value is -0.770. The number of hydrogen-bond acceptors (Lipinski definition) is 3. The molecule has 2 unspecified atom stereocenters. The van der Waals surface area contributed by atoms with E-state index in [1.165, 1.54) is 31.5 Å². The van der Waals surface area contributed by atoms with Crippen molar-refractivity contribution in [3.8, 4) is 5.75 Å². The van der Waals surface area contributed by atoms with Crippen molar-refractivity contribution in [2.45, 2.75) is 44.2 Å². The van der Waals surface area contributed by atoms with Gasteiger partial charge < -0.3 is 10.1 Å². The Balaban J connectivity index is 1.76. The highest BCUT2D eigenvalue weighted by atomic mass is 35.5. The Morgan fingerprint density at radius 3 is 2.86 bits per heavy atom. The van der Waals surface area contributed by atoms with E-state index in [-0.39, 0.29) is 5.60 Å². The number of fused-ring (bicyclic) bond motifs is 1. The second-order valence-corrected chi connectivity index (χ2v) is 7.22. The molecule has 0 amide bonds. The van der Waals surface area contributed by atoms with E-state index in [1.54, 1.807) is 0 Å². The van der Waals surface area contributed by atoms with Crippen LogP contribution in [0.2, 0.25) is 5.02 Å². The summed E-state index contributed by atoms with van der Waals surface area (Å²) in [4.78, 5) is 2.63. The maximum Gasteiger partial charge on any atom is 0.125 e. The quantitative estimate of drug-likeness (QED) is 0.861. The summed E-state index contributed by atoms with van der Waals surface area (Å²) in [6, 6.07) is 4.75. The van der Waals surface area contributed by atoms with Crippen molar-refractivity contribution in [3.63, 3.8) is 0 Å². The van der Waals surface area contributed by atoms with Crippen LogP contribution in [0.25, 0.3) is 0 Å². The molecule has 21 heavy (non-hydrogen) atoms. The summed E-state index contributed by atoms with van der Waals surface area (Å²) in [5.74, 6) is 1.06. The molecule has 3 heterocycles. The molecule has 0 aromatic heterocycles. The highest BCUT2D eigenvalue weighted by Gasteiger charge is 2.45. The lowest BCUT2D eigenvalue weighted by Crippen LogP contribution is -2.46. The lowest BCUT2D eigenvalue weighted by molar-refractivity contribution is 0.0228. The fourth-order valence-corrected chi connectivity index (χ4v) is 4.29. The van der Waals surface area contributed by atoms with Crippen LogP contribution in [0.5, 0.6) is 5.75 Å². The number of aryl methyl sites for hydroxylation is 1. The summed E-state index contributed by atoms with van der Waals surface area (Å²) in [6.45, 7) is 6.51. The van der Waals surface area contributed by atoms with Gasteiger partial charge in [-0.2, -0.15) is 0 Å². The lowest BCUT2D eigenvalue weighted by atomic mass is 9.85. The SMILES string of the molecule is Cc1cc2c(cc1Cl)C(N1CCCC1)CC1(CCNC1)O2. The molecule has 0 saturated carbocycles. The molecule has 1 aromatic carbocycles. The molecule has 3 nitrogen and oxygen atoms in total. The van der Waals surface area contributed by atoms with Crippen molar-refractivity contribution in [1.29, 1.82) is 0 Å². The van der Waals surface area contributed by atoms with E-state index in [1.807, 2.05) is 0 Å². The highest BCUT2D eigenvalue weighted by Crippen LogP contribution is 2.47. The Bertz CT molecular complexity index is 548. The molecule has 4 heteroatoms. The summed E-state index contributed by atoms with van der Waals surface area (Å²) >= 11 is 6.38. The van der Waals surface area contributed by atoms with Crippen LogP contribution in [0, 0.1) is 6.92 Å². The number of hydrogen-bond donors (Lipinski definition) is 1. The fraction of sp³-hybridized carbons (Fsp3) is 0.647. The van der Waals surface area contributed by atoms with Gasteiger partial charge in [0.1, 0.15) is 11.4 Å². The largest absolute Gasteiger partial charge is 0.485 e. The van der Waals surface area contributed by atoms with E-state index in [4.69, 9.17) is 16.3 Å². The van der Waals surface area contributed by atoms with Gasteiger partial charge in [0.15, 0.2) is 0 Å². The first-order valence-corrected chi connectivity index (χ1v) is 8.49. The van der Waals surface area contributed by atoms with Crippen LogP contribution in [0.1, 0.15) is 42.9 Å². The first-order chi connectivity index (χ1) is 10.2. The fourth-order valence-electron chi connectivity index (χ4n) is 4.12. The van der Waals surface area contributed by atoms with Crippen LogP contribution in [0.15, 0.2) is 12.1 Å². The summed E-state index contributed by atoms with van der Waals surface area (Å²) < 4.78 is 6.46.